The van der Waals surface area contributed by atoms with Crippen molar-refractivity contribution < 1.29 is 4.39 Å². The molecule has 2 nitrogen and oxygen atoms in total. The summed E-state index contributed by atoms with van der Waals surface area (Å²) >= 11 is 0. The van der Waals surface area contributed by atoms with Gasteiger partial charge in [-0.1, -0.05) is 19.9 Å². The molecule has 96 valence electrons. The predicted octanol–water partition coefficient (Wildman–Crippen LogP) is 3.04. The molecule has 1 atom stereocenters. The Bertz CT molecular complexity index is 328. The van der Waals surface area contributed by atoms with Gasteiger partial charge in [-0.15, -0.1) is 0 Å². The van der Waals surface area contributed by atoms with Gasteiger partial charge in [-0.2, -0.15) is 0 Å². The standard InChI is InChI=1S/C14H23FN2/c1-4-13(11-16-5-2)17(6-3)14-9-7-8-12(15)10-14/h7-10,13,16H,4-6,11H2,1-3H3. The van der Waals surface area contributed by atoms with Crippen molar-refractivity contribution in [2.24, 2.45) is 0 Å². The van der Waals surface area contributed by atoms with E-state index in [1.165, 1.54) is 6.07 Å². The number of hydrogen-bond acceptors (Lipinski definition) is 2. The van der Waals surface area contributed by atoms with Crippen LogP contribution in [0.5, 0.6) is 0 Å². The Balaban J connectivity index is 2.81. The second-order valence-electron chi connectivity index (χ2n) is 4.14. The van der Waals surface area contributed by atoms with E-state index in [0.717, 1.165) is 31.7 Å². The van der Waals surface area contributed by atoms with Gasteiger partial charge in [0.2, 0.25) is 0 Å². The number of anilines is 1. The zero-order valence-electron chi connectivity index (χ0n) is 11.0. The Morgan fingerprint density at radius 3 is 2.59 bits per heavy atom. The van der Waals surface area contributed by atoms with Gasteiger partial charge in [0.05, 0.1) is 0 Å². The summed E-state index contributed by atoms with van der Waals surface area (Å²) in [6, 6.07) is 7.26. The van der Waals surface area contributed by atoms with E-state index >= 15 is 0 Å². The lowest BCUT2D eigenvalue weighted by molar-refractivity contribution is 0.532. The van der Waals surface area contributed by atoms with Crippen molar-refractivity contribution in [3.63, 3.8) is 0 Å². The zero-order valence-corrected chi connectivity index (χ0v) is 11.0. The molecule has 1 aromatic rings. The van der Waals surface area contributed by atoms with Crippen molar-refractivity contribution in [3.05, 3.63) is 30.1 Å². The molecule has 0 aliphatic rings. The van der Waals surface area contributed by atoms with Crippen LogP contribution in [-0.2, 0) is 0 Å². The van der Waals surface area contributed by atoms with Crippen LogP contribution < -0.4 is 10.2 Å². The van der Waals surface area contributed by atoms with E-state index in [9.17, 15) is 4.39 Å². The average Bonchev–Trinajstić information content (AvgIpc) is 2.34. The number of hydrogen-bond donors (Lipinski definition) is 1. The third-order valence-electron chi connectivity index (χ3n) is 3.02. The minimum absolute atomic E-state index is 0.167. The maximum absolute atomic E-state index is 13.2. The molecular formula is C14H23FN2. The number of nitrogens with zero attached hydrogens (tertiary/aromatic N) is 1. The summed E-state index contributed by atoms with van der Waals surface area (Å²) in [5, 5.41) is 3.36. The summed E-state index contributed by atoms with van der Waals surface area (Å²) in [5.41, 5.74) is 0.970. The molecule has 1 rings (SSSR count). The molecule has 0 bridgehead atoms. The van der Waals surface area contributed by atoms with Gasteiger partial charge in [0, 0.05) is 24.8 Å². The lowest BCUT2D eigenvalue weighted by Gasteiger charge is -2.32. The molecule has 17 heavy (non-hydrogen) atoms. The fourth-order valence-corrected chi connectivity index (χ4v) is 2.09. The topological polar surface area (TPSA) is 15.3 Å². The highest BCUT2D eigenvalue weighted by molar-refractivity contribution is 5.47. The largest absolute Gasteiger partial charge is 0.367 e. The minimum Gasteiger partial charge on any atom is -0.367 e. The Kier molecular flexibility index (Phi) is 5.98. The highest BCUT2D eigenvalue weighted by atomic mass is 19.1. The number of rotatable bonds is 7. The van der Waals surface area contributed by atoms with E-state index in [1.807, 2.05) is 6.07 Å². The molecule has 0 spiro atoms. The van der Waals surface area contributed by atoms with Gasteiger partial charge < -0.3 is 10.2 Å². The van der Waals surface area contributed by atoms with E-state index in [2.05, 4.69) is 31.0 Å². The fourth-order valence-electron chi connectivity index (χ4n) is 2.09. The van der Waals surface area contributed by atoms with Gasteiger partial charge >= 0.3 is 0 Å². The second kappa shape index (κ2) is 7.28. The van der Waals surface area contributed by atoms with Crippen LogP contribution in [0.15, 0.2) is 24.3 Å². The highest BCUT2D eigenvalue weighted by Gasteiger charge is 2.15. The first-order valence-corrected chi connectivity index (χ1v) is 6.45. The van der Waals surface area contributed by atoms with Crippen LogP contribution in [0.25, 0.3) is 0 Å². The summed E-state index contributed by atoms with van der Waals surface area (Å²) < 4.78 is 13.2. The monoisotopic (exact) mass is 238 g/mol. The van der Waals surface area contributed by atoms with Crippen LogP contribution in [0.2, 0.25) is 0 Å². The summed E-state index contributed by atoms with van der Waals surface area (Å²) in [6.07, 6.45) is 1.05. The molecule has 1 N–H and O–H groups in total. The first kappa shape index (κ1) is 14.0. The molecule has 0 heterocycles. The molecule has 0 aliphatic carbocycles. The predicted molar refractivity (Wildman–Crippen MR) is 72.0 cm³/mol. The van der Waals surface area contributed by atoms with Gasteiger partial charge in [0.25, 0.3) is 0 Å². The Labute approximate surface area is 104 Å². The normalized spacial score (nSPS) is 12.5. The first-order valence-electron chi connectivity index (χ1n) is 6.45. The van der Waals surface area contributed by atoms with Crippen LogP contribution >= 0.6 is 0 Å². The van der Waals surface area contributed by atoms with Crippen molar-refractivity contribution in [2.45, 2.75) is 33.2 Å². The SMILES string of the molecule is CCNCC(CC)N(CC)c1cccc(F)c1. The second-order valence-corrected chi connectivity index (χ2v) is 4.14. The molecule has 0 fully saturated rings. The van der Waals surface area contributed by atoms with E-state index in [1.54, 1.807) is 12.1 Å². The number of benzene rings is 1. The average molecular weight is 238 g/mol. The summed E-state index contributed by atoms with van der Waals surface area (Å²) in [7, 11) is 0. The van der Waals surface area contributed by atoms with Crippen LogP contribution in [0.4, 0.5) is 10.1 Å². The number of nitrogens with one attached hydrogen (secondary N) is 1. The van der Waals surface area contributed by atoms with E-state index in [0.29, 0.717) is 6.04 Å². The fraction of sp³-hybridized carbons (Fsp3) is 0.571. The molecule has 3 heteroatoms. The molecule has 0 aromatic heterocycles. The van der Waals surface area contributed by atoms with Crippen molar-refractivity contribution in [1.29, 1.82) is 0 Å². The van der Waals surface area contributed by atoms with E-state index < -0.39 is 0 Å². The Hall–Kier alpha value is -1.09. The van der Waals surface area contributed by atoms with Crippen LogP contribution in [0.1, 0.15) is 27.2 Å². The van der Waals surface area contributed by atoms with Gasteiger partial charge in [0.15, 0.2) is 0 Å². The minimum atomic E-state index is -0.167. The highest BCUT2D eigenvalue weighted by Crippen LogP contribution is 2.19. The third-order valence-corrected chi connectivity index (χ3v) is 3.02. The summed E-state index contributed by atoms with van der Waals surface area (Å²) in [5.74, 6) is -0.167. The smallest absolute Gasteiger partial charge is 0.125 e. The summed E-state index contributed by atoms with van der Waals surface area (Å²) in [6.45, 7) is 9.19. The molecule has 1 unspecified atom stereocenters. The van der Waals surface area contributed by atoms with E-state index in [-0.39, 0.29) is 5.82 Å². The Morgan fingerprint density at radius 1 is 1.29 bits per heavy atom. The summed E-state index contributed by atoms with van der Waals surface area (Å²) in [4.78, 5) is 2.26. The molecule has 0 amide bonds. The van der Waals surface area contributed by atoms with Crippen molar-refractivity contribution in [2.75, 3.05) is 24.5 Å². The van der Waals surface area contributed by atoms with Gasteiger partial charge in [-0.05, 0) is 38.1 Å². The third kappa shape index (κ3) is 4.00. The van der Waals surface area contributed by atoms with Gasteiger partial charge in [-0.3, -0.25) is 0 Å². The number of halogens is 1. The lowest BCUT2D eigenvalue weighted by atomic mass is 10.1. The molecular weight excluding hydrogens is 215 g/mol. The maximum Gasteiger partial charge on any atom is 0.125 e. The van der Waals surface area contributed by atoms with E-state index in [4.69, 9.17) is 0 Å². The molecule has 0 aliphatic heterocycles. The first-order chi connectivity index (χ1) is 8.22. The lowest BCUT2D eigenvalue weighted by Crippen LogP contribution is -2.42. The number of likely N-dealkylation sites (N-methyl/N-ethyl adjacent to an activating group) is 2. The van der Waals surface area contributed by atoms with Gasteiger partial charge in [0.1, 0.15) is 5.82 Å². The van der Waals surface area contributed by atoms with Crippen LogP contribution in [-0.4, -0.2) is 25.7 Å². The quantitative estimate of drug-likeness (QED) is 0.785. The van der Waals surface area contributed by atoms with Crippen molar-refractivity contribution in [3.8, 4) is 0 Å². The molecule has 0 radical (unpaired) electrons. The molecule has 1 aromatic carbocycles. The van der Waals surface area contributed by atoms with Crippen molar-refractivity contribution in [1.82, 2.24) is 5.32 Å². The molecule has 0 saturated heterocycles. The van der Waals surface area contributed by atoms with Gasteiger partial charge in [-0.25, -0.2) is 4.39 Å². The van der Waals surface area contributed by atoms with Crippen LogP contribution in [0, 0.1) is 5.82 Å². The maximum atomic E-state index is 13.2. The Morgan fingerprint density at radius 2 is 2.06 bits per heavy atom. The van der Waals surface area contributed by atoms with Crippen molar-refractivity contribution >= 4 is 5.69 Å². The molecule has 0 saturated carbocycles. The zero-order chi connectivity index (χ0) is 12.7. The van der Waals surface area contributed by atoms with Crippen LogP contribution in [0.3, 0.4) is 0 Å².